The Bertz CT molecular complexity index is 323. The fourth-order valence-corrected chi connectivity index (χ4v) is 0.538. The molecule has 0 aromatic rings. The number of rotatable bonds is 6. The van der Waals surface area contributed by atoms with Crippen molar-refractivity contribution in [2.24, 2.45) is 11.5 Å². The van der Waals surface area contributed by atoms with Crippen LogP contribution in [0.3, 0.4) is 0 Å². The van der Waals surface area contributed by atoms with Gasteiger partial charge in [-0.05, 0) is 0 Å². The Morgan fingerprint density at radius 2 is 1.30 bits per heavy atom. The van der Waals surface area contributed by atoms with Crippen LogP contribution in [0.25, 0.3) is 0 Å². The zero-order chi connectivity index (χ0) is 18.9. The van der Waals surface area contributed by atoms with Crippen LogP contribution in [0.15, 0.2) is 0 Å². The first-order valence-electron chi connectivity index (χ1n) is 5.18. The van der Waals surface area contributed by atoms with Crippen LogP contribution in [-0.2, 0) is 60.5 Å². The summed E-state index contributed by atoms with van der Waals surface area (Å²) < 4.78 is 8.38. The van der Waals surface area contributed by atoms with Gasteiger partial charge in [-0.3, -0.25) is 9.59 Å². The molecule has 14 heteroatoms. The average molecular weight is 440 g/mol. The van der Waals surface area contributed by atoms with Gasteiger partial charge in [0.2, 0.25) is 0 Å². The second kappa shape index (κ2) is 23.1. The third kappa shape index (κ3) is 33.6. The van der Waals surface area contributed by atoms with Crippen molar-refractivity contribution >= 4 is 23.9 Å². The summed E-state index contributed by atoms with van der Waals surface area (Å²) in [5.41, 5.74) is 9.57. The summed E-state index contributed by atoms with van der Waals surface area (Å²) in [5, 5.41) is 42.4. The van der Waals surface area contributed by atoms with Crippen LogP contribution in [0.2, 0.25) is 0 Å². The monoisotopic (exact) mass is 440 g/mol. The van der Waals surface area contributed by atoms with E-state index in [9.17, 15) is 29.4 Å². The molecule has 0 fully saturated rings. The molecule has 0 saturated heterocycles. The SMILES string of the molecule is CO.NC(CC(=O)O)C(=O)O.NC(CC(=O)[O-])C(=O)[O-].[64Zn+2].[O]=[64Zn]. The molecule has 0 saturated carbocycles. The summed E-state index contributed by atoms with van der Waals surface area (Å²) in [4.78, 5) is 39.0. The maximum atomic E-state index is 9.85. The summed E-state index contributed by atoms with van der Waals surface area (Å²) in [7, 11) is 1.00. The van der Waals surface area contributed by atoms with E-state index in [0.717, 1.165) is 7.11 Å². The Balaban J connectivity index is -0.0000000743. The topological polar surface area (TPSA) is 244 Å². The van der Waals surface area contributed by atoms with Gasteiger partial charge in [-0.15, -0.1) is 0 Å². The maximum absolute atomic E-state index is 9.85. The second-order valence-corrected chi connectivity index (χ2v) is 3.04. The fraction of sp³-hybridized carbons (Fsp3) is 0.556. The molecule has 12 nitrogen and oxygen atoms in total. The molecule has 0 aliphatic carbocycles. The zero-order valence-corrected chi connectivity index (χ0v) is 18.3. The number of aliphatic carboxylic acids is 4. The van der Waals surface area contributed by atoms with Gasteiger partial charge in [-0.1, -0.05) is 0 Å². The predicted molar refractivity (Wildman–Crippen MR) is 59.3 cm³/mol. The van der Waals surface area contributed by atoms with Crippen molar-refractivity contribution in [3.8, 4) is 0 Å². The molecule has 0 aromatic carbocycles. The van der Waals surface area contributed by atoms with E-state index in [1.165, 1.54) is 0 Å². The second-order valence-electron chi connectivity index (χ2n) is 3.04. The third-order valence-corrected chi connectivity index (χ3v) is 1.40. The first-order valence-corrected chi connectivity index (χ1v) is 6.39. The molecule has 0 bridgehead atoms. The summed E-state index contributed by atoms with van der Waals surface area (Å²) >= 11 is 0.125. The van der Waals surface area contributed by atoms with Gasteiger partial charge >= 0.3 is 53.2 Å². The van der Waals surface area contributed by atoms with Gasteiger partial charge in [0.05, 0.1) is 12.4 Å². The number of carbonyl (C=O) groups is 4. The minimum absolute atomic E-state index is 0. The number of aliphatic hydroxyl groups excluding tert-OH is 1. The van der Waals surface area contributed by atoms with Gasteiger partial charge in [-0.25, -0.2) is 0 Å². The molecule has 2 atom stereocenters. The summed E-state index contributed by atoms with van der Waals surface area (Å²) in [6, 6.07) is -2.75. The molecule has 0 heterocycles. The van der Waals surface area contributed by atoms with Crippen LogP contribution in [0, 0.1) is 0 Å². The fourth-order valence-electron chi connectivity index (χ4n) is 0.538. The molecule has 0 rings (SSSR count). The molecule has 0 aromatic heterocycles. The van der Waals surface area contributed by atoms with Gasteiger partial charge in [0.25, 0.3) is 0 Å². The number of nitrogens with two attached hydrogens (primary N) is 2. The average Bonchev–Trinajstić information content (AvgIpc) is 2.42. The zero-order valence-electron chi connectivity index (χ0n) is 12.3. The molecule has 0 spiro atoms. The first-order chi connectivity index (χ1) is 10.1. The van der Waals surface area contributed by atoms with Crippen LogP contribution >= 0.6 is 0 Å². The van der Waals surface area contributed by atoms with Crippen molar-refractivity contribution < 1.29 is 86.0 Å². The van der Waals surface area contributed by atoms with E-state index in [0.29, 0.717) is 0 Å². The molecule has 0 amide bonds. The number of carbonyl (C=O) groups excluding carboxylic acids is 2. The van der Waals surface area contributed by atoms with Crippen molar-refractivity contribution in [1.29, 1.82) is 0 Å². The van der Waals surface area contributed by atoms with Gasteiger partial charge < -0.3 is 46.6 Å². The minimum atomic E-state index is -1.58. The van der Waals surface area contributed by atoms with Crippen molar-refractivity contribution in [2.75, 3.05) is 7.11 Å². The van der Waals surface area contributed by atoms with Gasteiger partial charge in [-0.2, -0.15) is 0 Å². The molecule has 2 unspecified atom stereocenters. The molecule has 0 aliphatic rings. The third-order valence-electron chi connectivity index (χ3n) is 1.40. The Hall–Kier alpha value is -1.19. The Labute approximate surface area is 153 Å². The molecule has 126 valence electrons. The van der Waals surface area contributed by atoms with E-state index in [2.05, 4.69) is 0 Å². The van der Waals surface area contributed by atoms with E-state index in [4.69, 9.17) is 30.4 Å². The Morgan fingerprint density at radius 1 is 0.957 bits per heavy atom. The standard InChI is InChI=1S/2C4H7NO4.CH4O.O.2Zn/c2*5-2(4(8)9)1-3(6)7;1-2;;;/h2*2H,1,5H2,(H,6,7)(H,8,9);2H,1H3;;;/q;;;;;+2/p-2/i;;;;2*1-1. The summed E-state index contributed by atoms with van der Waals surface area (Å²) in [6.45, 7) is 0. The van der Waals surface area contributed by atoms with E-state index >= 15 is 0 Å². The van der Waals surface area contributed by atoms with Crippen LogP contribution < -0.4 is 21.7 Å². The predicted octanol–water partition coefficient (Wildman–Crippen LogP) is -5.44. The number of carboxylic acids is 4. The number of hydrogen-bond acceptors (Lipinski definition) is 10. The molecule has 0 radical (unpaired) electrons. The molecular weight excluding hydrogens is 424 g/mol. The molecule has 7 N–H and O–H groups in total. The quantitative estimate of drug-likeness (QED) is 0.243. The molecule has 0 aliphatic heterocycles. The van der Waals surface area contributed by atoms with Crippen molar-refractivity contribution in [3.05, 3.63) is 0 Å². The molecular formula is C9H16N2O10Zn2. The van der Waals surface area contributed by atoms with E-state index in [-0.39, 0.29) is 37.7 Å². The summed E-state index contributed by atoms with van der Waals surface area (Å²) in [5.74, 6) is -5.58. The van der Waals surface area contributed by atoms with E-state index < -0.39 is 48.8 Å². The summed E-state index contributed by atoms with van der Waals surface area (Å²) in [6.07, 6.45) is -1.24. The van der Waals surface area contributed by atoms with Gasteiger partial charge in [0, 0.05) is 25.5 Å². The van der Waals surface area contributed by atoms with Crippen molar-refractivity contribution in [3.63, 3.8) is 0 Å². The van der Waals surface area contributed by atoms with Crippen LogP contribution in [0.4, 0.5) is 0 Å². The van der Waals surface area contributed by atoms with Gasteiger partial charge in [0.15, 0.2) is 0 Å². The number of hydrogen-bond donors (Lipinski definition) is 5. The van der Waals surface area contributed by atoms with E-state index in [1.807, 2.05) is 0 Å². The number of carboxylic acid groups (broad SMARTS) is 4. The Kier molecular flexibility index (Phi) is 33.5. The van der Waals surface area contributed by atoms with E-state index in [1.54, 1.807) is 0 Å². The Morgan fingerprint density at radius 3 is 1.39 bits per heavy atom. The van der Waals surface area contributed by atoms with Crippen molar-refractivity contribution in [1.82, 2.24) is 0 Å². The number of aliphatic hydroxyl groups is 1. The normalized spacial score (nSPS) is 10.3. The molecule has 23 heavy (non-hydrogen) atoms. The van der Waals surface area contributed by atoms with Gasteiger partial charge in [0.1, 0.15) is 6.04 Å². The van der Waals surface area contributed by atoms with Crippen LogP contribution in [0.1, 0.15) is 12.8 Å². The van der Waals surface area contributed by atoms with Crippen LogP contribution in [-0.4, -0.2) is 58.4 Å². The first kappa shape index (κ1) is 33.4. The van der Waals surface area contributed by atoms with Crippen molar-refractivity contribution in [2.45, 2.75) is 24.9 Å². The van der Waals surface area contributed by atoms with Crippen LogP contribution in [0.5, 0.6) is 0 Å².